The first kappa shape index (κ1) is 52.5. The number of hydrogen-bond acceptors (Lipinski definition) is 4. The third kappa shape index (κ3) is 9.37. The maximum absolute atomic E-state index is 6.78. The van der Waals surface area contributed by atoms with Crippen LogP contribution in [0, 0.1) is 25.7 Å². The molecule has 80 heavy (non-hydrogen) atoms. The van der Waals surface area contributed by atoms with Crippen LogP contribution in [0.2, 0.25) is 0 Å². The maximum Gasteiger partial charge on any atom is 0.135 e. The van der Waals surface area contributed by atoms with E-state index in [1.54, 1.807) is 0 Å². The average molecular weight is 1220 g/mol. The summed E-state index contributed by atoms with van der Waals surface area (Å²) in [6.07, 6.45) is 2.02. The molecule has 0 aliphatic carbocycles. The number of fused-ring (bicyclic) bond motifs is 7. The van der Waals surface area contributed by atoms with E-state index in [4.69, 9.17) is 9.72 Å². The van der Waals surface area contributed by atoms with Crippen LogP contribution >= 0.6 is 0 Å². The molecule has 4 heterocycles. The number of benzene rings is 9. The predicted octanol–water partition coefficient (Wildman–Crippen LogP) is 19.6. The van der Waals surface area contributed by atoms with Crippen LogP contribution in [-0.4, -0.2) is 14.1 Å². The van der Waals surface area contributed by atoms with Gasteiger partial charge in [0.2, 0.25) is 0 Å². The summed E-state index contributed by atoms with van der Waals surface area (Å²) in [6.45, 7) is 25.0. The molecule has 9 aromatic carbocycles. The van der Waals surface area contributed by atoms with Crippen molar-refractivity contribution < 1.29 is 25.8 Å². The van der Waals surface area contributed by atoms with Gasteiger partial charge in [-0.3, -0.25) is 0 Å². The van der Waals surface area contributed by atoms with Crippen LogP contribution in [-0.2, 0) is 37.3 Å². The fraction of sp³-hybridized carbons (Fsp3) is 0.178. The van der Waals surface area contributed by atoms with E-state index in [2.05, 4.69) is 283 Å². The number of ether oxygens (including phenoxy) is 1. The number of nitrogens with zero attached hydrogens (tertiary/aromatic N) is 5. The third-order valence-electron chi connectivity index (χ3n) is 15.8. The van der Waals surface area contributed by atoms with Gasteiger partial charge in [-0.2, -0.15) is 12.1 Å². The zero-order valence-corrected chi connectivity index (χ0v) is 49.4. The van der Waals surface area contributed by atoms with Gasteiger partial charge in [-0.05, 0) is 128 Å². The number of aryl methyl sites for hydroxylation is 1. The Hall–Kier alpha value is -8.18. The largest absolute Gasteiger partial charge is 0.509 e. The Balaban J connectivity index is 0.00000637. The molecule has 0 saturated carbocycles. The quantitative estimate of drug-likeness (QED) is 0.142. The average Bonchev–Trinajstić information content (AvgIpc) is 4.25. The maximum atomic E-state index is 6.78. The molecule has 400 valence electrons. The summed E-state index contributed by atoms with van der Waals surface area (Å²) in [7, 11) is 0. The Bertz CT molecular complexity index is 4270. The summed E-state index contributed by atoms with van der Waals surface area (Å²) < 4.78 is 11.4. The summed E-state index contributed by atoms with van der Waals surface area (Å²) >= 11 is 0. The molecule has 0 unspecified atom stereocenters. The molecule has 0 N–H and O–H groups in total. The molecule has 12 aromatic rings. The molecule has 0 radical (unpaired) electrons. The first-order chi connectivity index (χ1) is 37.9. The summed E-state index contributed by atoms with van der Waals surface area (Å²) in [4.78, 5) is 9.79. The fourth-order valence-electron chi connectivity index (χ4n) is 11.4. The SMILES string of the molecule is Cc1cc(-n2c3[c-]c(Oc4[c-]c(N5[CH-]N(c6cc(C(C)(C)C)cc(C(C)(C)C)c6)c6cc(-c7ccc(C(C)(C)C)cc7)ccc65)ccc4)ccc3c3ccccc32)ncc1-c1cccc(-n2c3ccccc3c3ccccc32)c1.[Pt]. The van der Waals surface area contributed by atoms with Crippen molar-refractivity contribution >= 4 is 66.4 Å². The van der Waals surface area contributed by atoms with E-state index in [1.807, 2.05) is 24.4 Å². The van der Waals surface area contributed by atoms with Crippen LogP contribution < -0.4 is 14.5 Å². The second kappa shape index (κ2) is 19.9. The summed E-state index contributed by atoms with van der Waals surface area (Å²) in [6, 6.07) is 77.4. The molecule has 0 saturated heterocycles. The van der Waals surface area contributed by atoms with Gasteiger partial charge in [-0.15, -0.1) is 48.1 Å². The van der Waals surface area contributed by atoms with Crippen molar-refractivity contribution in [3.8, 4) is 45.3 Å². The van der Waals surface area contributed by atoms with Crippen molar-refractivity contribution in [1.29, 1.82) is 0 Å². The van der Waals surface area contributed by atoms with Crippen LogP contribution in [0.1, 0.15) is 84.6 Å². The van der Waals surface area contributed by atoms with Crippen LogP contribution in [0.15, 0.2) is 200 Å². The molecule has 13 rings (SSSR count). The molecular formula is C73H64N5OPt-3. The molecule has 1 aliphatic rings. The van der Waals surface area contributed by atoms with E-state index >= 15 is 0 Å². The molecule has 3 aromatic heterocycles. The Labute approximate surface area is 485 Å². The van der Waals surface area contributed by atoms with Gasteiger partial charge in [0.1, 0.15) is 5.82 Å². The first-order valence-electron chi connectivity index (χ1n) is 27.5. The van der Waals surface area contributed by atoms with E-state index in [-0.39, 0.29) is 37.3 Å². The molecule has 1 aliphatic heterocycles. The van der Waals surface area contributed by atoms with Crippen LogP contribution in [0.4, 0.5) is 22.7 Å². The molecule has 0 atom stereocenters. The van der Waals surface area contributed by atoms with Crippen LogP contribution in [0.3, 0.4) is 0 Å². The topological polar surface area (TPSA) is 38.5 Å². The van der Waals surface area contributed by atoms with Gasteiger partial charge in [-0.1, -0.05) is 171 Å². The van der Waals surface area contributed by atoms with Gasteiger partial charge in [0.05, 0.1) is 11.0 Å². The molecule has 0 bridgehead atoms. The minimum absolute atomic E-state index is 0. The van der Waals surface area contributed by atoms with Crippen molar-refractivity contribution in [3.05, 3.63) is 241 Å². The molecule has 0 spiro atoms. The van der Waals surface area contributed by atoms with E-state index in [9.17, 15) is 0 Å². The Kier molecular flexibility index (Phi) is 13.0. The molecule has 0 fully saturated rings. The Morgan fingerprint density at radius 2 is 1.02 bits per heavy atom. The van der Waals surface area contributed by atoms with Crippen molar-refractivity contribution in [2.75, 3.05) is 9.80 Å². The van der Waals surface area contributed by atoms with Gasteiger partial charge in [-0.25, -0.2) is 4.98 Å². The number of rotatable bonds is 8. The van der Waals surface area contributed by atoms with Gasteiger partial charge in [0.15, 0.2) is 0 Å². The number of hydrogen-bond donors (Lipinski definition) is 0. The minimum atomic E-state index is -0.0489. The van der Waals surface area contributed by atoms with Crippen molar-refractivity contribution in [2.24, 2.45) is 0 Å². The van der Waals surface area contributed by atoms with E-state index in [0.29, 0.717) is 11.5 Å². The Morgan fingerprint density at radius 3 is 1.66 bits per heavy atom. The smallest absolute Gasteiger partial charge is 0.135 e. The number of para-hydroxylation sites is 3. The molecule has 6 nitrogen and oxygen atoms in total. The normalized spacial score (nSPS) is 12.9. The second-order valence-corrected chi connectivity index (χ2v) is 24.4. The van der Waals surface area contributed by atoms with E-state index in [0.717, 1.165) is 78.3 Å². The van der Waals surface area contributed by atoms with Crippen molar-refractivity contribution in [1.82, 2.24) is 14.1 Å². The monoisotopic (exact) mass is 1220 g/mol. The summed E-state index contributed by atoms with van der Waals surface area (Å²) in [5.41, 5.74) is 19.1. The number of anilines is 4. The van der Waals surface area contributed by atoms with E-state index < -0.39 is 0 Å². The minimum Gasteiger partial charge on any atom is -0.509 e. The zero-order chi connectivity index (χ0) is 54.5. The summed E-state index contributed by atoms with van der Waals surface area (Å²) in [5.74, 6) is 1.99. The summed E-state index contributed by atoms with van der Waals surface area (Å²) in [5, 5.41) is 4.68. The van der Waals surface area contributed by atoms with Crippen molar-refractivity contribution in [2.45, 2.75) is 85.5 Å². The number of aromatic nitrogens is 3. The van der Waals surface area contributed by atoms with Crippen LogP contribution in [0.25, 0.3) is 77.4 Å². The molecular weight excluding hydrogens is 1160 g/mol. The fourth-order valence-corrected chi connectivity index (χ4v) is 11.4. The van der Waals surface area contributed by atoms with Crippen LogP contribution in [0.5, 0.6) is 11.5 Å². The van der Waals surface area contributed by atoms with Crippen molar-refractivity contribution in [3.63, 3.8) is 0 Å². The predicted molar refractivity (Wildman–Crippen MR) is 330 cm³/mol. The zero-order valence-electron chi connectivity index (χ0n) is 47.1. The number of pyridine rings is 1. The van der Waals surface area contributed by atoms with Gasteiger partial charge in [0, 0.05) is 83.4 Å². The second-order valence-electron chi connectivity index (χ2n) is 24.4. The van der Waals surface area contributed by atoms with E-state index in [1.165, 1.54) is 44.1 Å². The Morgan fingerprint density at radius 1 is 0.438 bits per heavy atom. The van der Waals surface area contributed by atoms with Gasteiger partial charge >= 0.3 is 0 Å². The molecule has 0 amide bonds. The standard InChI is InChI=1S/C73H64N5O.Pt/c1-47-37-70(74-45-63(47)50-19-17-21-55(38-50)77-64-26-14-11-23-59(64)60-24-12-15-27-65(60)77)78-66-28-16-13-25-61(66)62-35-34-58(44-68(62)78)79-57-22-18-20-54(43-57)75-46-76(56-41-52(72(5,6)7)40-53(42-56)73(8,9)10)69-39-49(31-36-67(69)75)48-29-32-51(33-30-48)71(2,3)4;/h11-42,45-46H,1-10H3;/q-3;. The van der Waals surface area contributed by atoms with Gasteiger partial charge < -0.3 is 23.7 Å². The molecule has 7 heteroatoms. The first-order valence-corrected chi connectivity index (χ1v) is 27.5. The third-order valence-corrected chi connectivity index (χ3v) is 15.8. The van der Waals surface area contributed by atoms with Gasteiger partial charge in [0.25, 0.3) is 0 Å².